The van der Waals surface area contributed by atoms with Gasteiger partial charge in [-0.3, -0.25) is 4.79 Å². The van der Waals surface area contributed by atoms with Gasteiger partial charge in [-0.05, 0) is 24.6 Å². The number of nitrogens with two attached hydrogens (primary N) is 1. The van der Waals surface area contributed by atoms with Crippen LogP contribution in [0.1, 0.15) is 18.6 Å². The number of amides is 1. The Bertz CT molecular complexity index is 511. The molecule has 1 amide bonds. The number of hydrogen-bond donors (Lipinski definition) is 3. The van der Waals surface area contributed by atoms with Crippen molar-refractivity contribution in [1.29, 1.82) is 0 Å². The summed E-state index contributed by atoms with van der Waals surface area (Å²) in [6, 6.07) is 5.84. The first-order valence-electron chi connectivity index (χ1n) is 4.89. The average Bonchev–Trinajstić information content (AvgIpc) is 2.27. The lowest BCUT2D eigenvalue weighted by atomic mass is 10.1. The molecule has 0 bridgehead atoms. The van der Waals surface area contributed by atoms with Crippen LogP contribution in [0.2, 0.25) is 0 Å². The van der Waals surface area contributed by atoms with Gasteiger partial charge in [-0.2, -0.15) is 0 Å². The number of primary amides is 1. The van der Waals surface area contributed by atoms with Crippen molar-refractivity contribution in [2.45, 2.75) is 17.9 Å². The van der Waals surface area contributed by atoms with Gasteiger partial charge in [0.15, 0.2) is 0 Å². The highest BCUT2D eigenvalue weighted by atomic mass is 32.2. The molecule has 0 heterocycles. The molecule has 6 nitrogen and oxygen atoms in total. The summed E-state index contributed by atoms with van der Waals surface area (Å²) in [5.41, 5.74) is 5.33. The predicted molar refractivity (Wildman–Crippen MR) is 61.5 cm³/mol. The van der Waals surface area contributed by atoms with Gasteiger partial charge in [-0.25, -0.2) is 13.1 Å². The molecule has 0 aliphatic rings. The van der Waals surface area contributed by atoms with Crippen molar-refractivity contribution in [2.75, 3.05) is 6.54 Å². The zero-order valence-corrected chi connectivity index (χ0v) is 10.1. The molecule has 1 aromatic carbocycles. The Labute approximate surface area is 99.5 Å². The molecule has 17 heavy (non-hydrogen) atoms. The number of hydrogen-bond acceptors (Lipinski definition) is 4. The van der Waals surface area contributed by atoms with E-state index in [9.17, 15) is 18.3 Å². The fourth-order valence-corrected chi connectivity index (χ4v) is 2.24. The van der Waals surface area contributed by atoms with Crippen LogP contribution in [0.5, 0.6) is 0 Å². The molecule has 1 aromatic rings. The van der Waals surface area contributed by atoms with Crippen LogP contribution in [0.15, 0.2) is 29.2 Å². The van der Waals surface area contributed by atoms with Crippen molar-refractivity contribution >= 4 is 15.9 Å². The fraction of sp³-hybridized carbons (Fsp3) is 0.300. The first-order valence-corrected chi connectivity index (χ1v) is 6.37. The number of aliphatic hydroxyl groups excluding tert-OH is 1. The van der Waals surface area contributed by atoms with Crippen LogP contribution in [0.3, 0.4) is 0 Å². The molecule has 7 heteroatoms. The Morgan fingerprint density at radius 1 is 1.53 bits per heavy atom. The summed E-state index contributed by atoms with van der Waals surface area (Å²) in [7, 11) is -3.77. The van der Waals surface area contributed by atoms with E-state index < -0.39 is 28.6 Å². The highest BCUT2D eigenvalue weighted by Crippen LogP contribution is 2.16. The normalized spacial score (nSPS) is 13.3. The van der Waals surface area contributed by atoms with Crippen molar-refractivity contribution in [3.05, 3.63) is 29.8 Å². The van der Waals surface area contributed by atoms with Crippen LogP contribution >= 0.6 is 0 Å². The highest BCUT2D eigenvalue weighted by Gasteiger charge is 2.15. The van der Waals surface area contributed by atoms with Gasteiger partial charge >= 0.3 is 0 Å². The van der Waals surface area contributed by atoms with Crippen LogP contribution in [0.25, 0.3) is 0 Å². The molecule has 94 valence electrons. The Morgan fingerprint density at radius 3 is 2.71 bits per heavy atom. The summed E-state index contributed by atoms with van der Waals surface area (Å²) in [5.74, 6) is -0.764. The minimum Gasteiger partial charge on any atom is -0.389 e. The third-order valence-electron chi connectivity index (χ3n) is 2.09. The van der Waals surface area contributed by atoms with E-state index in [2.05, 4.69) is 4.72 Å². The SMILES string of the molecule is CC(O)c1cccc(S(=O)(=O)NCC(N)=O)c1. The fourth-order valence-electron chi connectivity index (χ4n) is 1.19. The largest absolute Gasteiger partial charge is 0.389 e. The van der Waals surface area contributed by atoms with Crippen molar-refractivity contribution in [3.63, 3.8) is 0 Å². The number of carbonyl (C=O) groups excluding carboxylic acids is 1. The van der Waals surface area contributed by atoms with Gasteiger partial charge in [0.05, 0.1) is 17.5 Å². The van der Waals surface area contributed by atoms with E-state index in [-0.39, 0.29) is 4.90 Å². The van der Waals surface area contributed by atoms with Crippen LogP contribution < -0.4 is 10.5 Å². The second kappa shape index (κ2) is 5.26. The van der Waals surface area contributed by atoms with Gasteiger partial charge in [0.2, 0.25) is 15.9 Å². The molecule has 0 aromatic heterocycles. The second-order valence-electron chi connectivity index (χ2n) is 3.54. The first kappa shape index (κ1) is 13.6. The second-order valence-corrected chi connectivity index (χ2v) is 5.31. The van der Waals surface area contributed by atoms with Gasteiger partial charge in [-0.1, -0.05) is 12.1 Å². The third kappa shape index (κ3) is 3.81. The number of nitrogens with one attached hydrogen (secondary N) is 1. The maximum atomic E-state index is 11.7. The third-order valence-corrected chi connectivity index (χ3v) is 3.49. The molecular weight excluding hydrogens is 244 g/mol. The Hall–Kier alpha value is -1.44. The van der Waals surface area contributed by atoms with Crippen molar-refractivity contribution < 1.29 is 18.3 Å². The summed E-state index contributed by atoms with van der Waals surface area (Å²) in [5, 5.41) is 9.34. The molecule has 0 aliphatic heterocycles. The average molecular weight is 258 g/mol. The van der Waals surface area contributed by atoms with Crippen molar-refractivity contribution in [1.82, 2.24) is 4.72 Å². The monoisotopic (exact) mass is 258 g/mol. The van der Waals surface area contributed by atoms with E-state index in [1.165, 1.54) is 25.1 Å². The molecule has 0 fully saturated rings. The van der Waals surface area contributed by atoms with Gasteiger partial charge in [-0.15, -0.1) is 0 Å². The van der Waals surface area contributed by atoms with Crippen LogP contribution in [-0.4, -0.2) is 26.0 Å². The summed E-state index contributed by atoms with van der Waals surface area (Å²) in [6.07, 6.45) is -0.763. The number of rotatable bonds is 5. The minimum absolute atomic E-state index is 0.0165. The van der Waals surface area contributed by atoms with E-state index >= 15 is 0 Å². The van der Waals surface area contributed by atoms with E-state index in [1.807, 2.05) is 0 Å². The standard InChI is InChI=1S/C10H14N2O4S/c1-7(13)8-3-2-4-9(5-8)17(15,16)12-6-10(11)14/h2-5,7,12-13H,6H2,1H3,(H2,11,14). The zero-order chi connectivity index (χ0) is 13.1. The lowest BCUT2D eigenvalue weighted by molar-refractivity contribution is -0.116. The zero-order valence-electron chi connectivity index (χ0n) is 9.25. The summed E-state index contributed by atoms with van der Waals surface area (Å²) < 4.78 is 25.5. The molecule has 0 saturated heterocycles. The first-order chi connectivity index (χ1) is 7.83. The maximum absolute atomic E-state index is 11.7. The molecule has 0 saturated carbocycles. The van der Waals surface area contributed by atoms with E-state index in [0.29, 0.717) is 5.56 Å². The number of benzene rings is 1. The Morgan fingerprint density at radius 2 is 2.18 bits per heavy atom. The van der Waals surface area contributed by atoms with Gasteiger partial charge in [0.25, 0.3) is 0 Å². The molecule has 0 radical (unpaired) electrons. The Kier molecular flexibility index (Phi) is 4.22. The van der Waals surface area contributed by atoms with Crippen molar-refractivity contribution in [3.8, 4) is 0 Å². The lowest BCUT2D eigenvalue weighted by Crippen LogP contribution is -2.33. The molecule has 0 spiro atoms. The summed E-state index contributed by atoms with van der Waals surface area (Å²) in [6.45, 7) is 1.07. The van der Waals surface area contributed by atoms with Crippen molar-refractivity contribution in [2.24, 2.45) is 5.73 Å². The molecule has 0 aliphatic carbocycles. The number of aliphatic hydroxyl groups is 1. The van der Waals surface area contributed by atoms with E-state index in [1.54, 1.807) is 6.07 Å². The number of carbonyl (C=O) groups is 1. The summed E-state index contributed by atoms with van der Waals surface area (Å²) in [4.78, 5) is 10.5. The summed E-state index contributed by atoms with van der Waals surface area (Å²) >= 11 is 0. The molecule has 1 unspecified atom stereocenters. The maximum Gasteiger partial charge on any atom is 0.241 e. The minimum atomic E-state index is -3.77. The van der Waals surface area contributed by atoms with Gasteiger partial charge < -0.3 is 10.8 Å². The van der Waals surface area contributed by atoms with Crippen LogP contribution in [0, 0.1) is 0 Å². The van der Waals surface area contributed by atoms with E-state index in [0.717, 1.165) is 0 Å². The predicted octanol–water partition coefficient (Wildman–Crippen LogP) is -0.496. The topological polar surface area (TPSA) is 109 Å². The molecular formula is C10H14N2O4S. The molecule has 4 N–H and O–H groups in total. The Balaban J connectivity index is 2.99. The number of sulfonamides is 1. The van der Waals surface area contributed by atoms with E-state index in [4.69, 9.17) is 5.73 Å². The van der Waals surface area contributed by atoms with Crippen LogP contribution in [-0.2, 0) is 14.8 Å². The highest BCUT2D eigenvalue weighted by molar-refractivity contribution is 7.89. The van der Waals surface area contributed by atoms with Gasteiger partial charge in [0, 0.05) is 0 Å². The van der Waals surface area contributed by atoms with Crippen LogP contribution in [0.4, 0.5) is 0 Å². The molecule has 1 atom stereocenters. The van der Waals surface area contributed by atoms with Gasteiger partial charge in [0.1, 0.15) is 0 Å². The lowest BCUT2D eigenvalue weighted by Gasteiger charge is -2.08. The smallest absolute Gasteiger partial charge is 0.241 e. The quantitative estimate of drug-likeness (QED) is 0.661. The molecule has 1 rings (SSSR count).